The largest absolute Gasteiger partial charge is 0.324 e. The molecular weight excluding hydrogens is 484 g/mol. The number of aromatic nitrogens is 2. The standard InChI is InChI=1S/C32H36N6O/c1-23-9-10-26(22-38-17-15-37(3)16-18-38)20-29(23)35-31(39)27-11-13-28(14-12-27)34-32-33-21-24(2)30(36-32)19-25-7-5-4-6-8-25/h4-14,20-21H,15-19,22H2,1-3H3,(H,35,39)(H,33,34,36). The van der Waals surface area contributed by atoms with Crippen LogP contribution >= 0.6 is 0 Å². The Balaban J connectivity index is 1.21. The van der Waals surface area contributed by atoms with Gasteiger partial charge in [-0.15, -0.1) is 0 Å². The molecular formula is C32H36N6O. The van der Waals surface area contributed by atoms with Gasteiger partial charge in [-0.3, -0.25) is 9.69 Å². The molecule has 3 aromatic carbocycles. The van der Waals surface area contributed by atoms with Gasteiger partial charge in [-0.2, -0.15) is 0 Å². The SMILES string of the molecule is Cc1ccc(CN2CCN(C)CC2)cc1NC(=O)c1ccc(Nc2ncc(C)c(Cc3ccccc3)n2)cc1. The first-order chi connectivity index (χ1) is 18.9. The lowest BCUT2D eigenvalue weighted by Crippen LogP contribution is -2.43. The number of likely N-dealkylation sites (N-methyl/N-ethyl adjacent to an activating group) is 1. The summed E-state index contributed by atoms with van der Waals surface area (Å²) in [7, 11) is 2.17. The van der Waals surface area contributed by atoms with Crippen molar-refractivity contribution in [2.75, 3.05) is 43.9 Å². The fourth-order valence-corrected chi connectivity index (χ4v) is 4.70. The van der Waals surface area contributed by atoms with E-state index >= 15 is 0 Å². The fourth-order valence-electron chi connectivity index (χ4n) is 4.70. The van der Waals surface area contributed by atoms with Crippen molar-refractivity contribution < 1.29 is 4.79 Å². The maximum absolute atomic E-state index is 13.1. The zero-order chi connectivity index (χ0) is 27.2. The predicted molar refractivity (Wildman–Crippen MR) is 158 cm³/mol. The molecule has 1 aromatic heterocycles. The third kappa shape index (κ3) is 7.07. The van der Waals surface area contributed by atoms with Gasteiger partial charge in [0.25, 0.3) is 5.91 Å². The Morgan fingerprint density at radius 1 is 0.872 bits per heavy atom. The van der Waals surface area contributed by atoms with E-state index in [2.05, 4.69) is 62.8 Å². The second kappa shape index (κ2) is 12.2. The molecule has 200 valence electrons. The molecule has 7 heteroatoms. The van der Waals surface area contributed by atoms with Crippen molar-refractivity contribution in [1.82, 2.24) is 19.8 Å². The molecule has 39 heavy (non-hydrogen) atoms. The zero-order valence-corrected chi connectivity index (χ0v) is 22.9. The molecule has 7 nitrogen and oxygen atoms in total. The van der Waals surface area contributed by atoms with Gasteiger partial charge in [-0.25, -0.2) is 9.97 Å². The number of amides is 1. The van der Waals surface area contributed by atoms with E-state index in [1.807, 2.05) is 62.5 Å². The molecule has 1 aliphatic rings. The summed E-state index contributed by atoms with van der Waals surface area (Å²) in [5, 5.41) is 6.38. The van der Waals surface area contributed by atoms with E-state index in [0.29, 0.717) is 11.5 Å². The number of rotatable bonds is 8. The van der Waals surface area contributed by atoms with E-state index in [-0.39, 0.29) is 5.91 Å². The van der Waals surface area contributed by atoms with Crippen LogP contribution in [0.2, 0.25) is 0 Å². The van der Waals surface area contributed by atoms with Crippen molar-refractivity contribution in [3.05, 3.63) is 113 Å². The van der Waals surface area contributed by atoms with Crippen LogP contribution in [0.5, 0.6) is 0 Å². The molecule has 1 aliphatic heterocycles. The van der Waals surface area contributed by atoms with Gasteiger partial charge in [-0.1, -0.05) is 42.5 Å². The highest BCUT2D eigenvalue weighted by atomic mass is 16.1. The van der Waals surface area contributed by atoms with E-state index in [4.69, 9.17) is 4.98 Å². The Kier molecular flexibility index (Phi) is 8.30. The molecule has 1 fully saturated rings. The van der Waals surface area contributed by atoms with Gasteiger partial charge in [-0.05, 0) is 73.5 Å². The minimum absolute atomic E-state index is 0.127. The number of aryl methyl sites for hydroxylation is 2. The Hall–Kier alpha value is -4.07. The number of hydrogen-bond acceptors (Lipinski definition) is 6. The lowest BCUT2D eigenvalue weighted by Gasteiger charge is -2.32. The molecule has 5 rings (SSSR count). The van der Waals surface area contributed by atoms with E-state index < -0.39 is 0 Å². The van der Waals surface area contributed by atoms with Crippen LogP contribution in [0.1, 0.15) is 38.3 Å². The van der Waals surface area contributed by atoms with Gasteiger partial charge in [0.05, 0.1) is 5.69 Å². The Bertz CT molecular complexity index is 1410. The molecule has 0 bridgehead atoms. The summed E-state index contributed by atoms with van der Waals surface area (Å²) in [6.07, 6.45) is 2.59. The molecule has 0 radical (unpaired) electrons. The van der Waals surface area contributed by atoms with Crippen molar-refractivity contribution in [2.45, 2.75) is 26.8 Å². The smallest absolute Gasteiger partial charge is 0.255 e. The van der Waals surface area contributed by atoms with E-state index in [9.17, 15) is 4.79 Å². The molecule has 1 saturated heterocycles. The average molecular weight is 521 g/mol. The second-order valence-corrected chi connectivity index (χ2v) is 10.4. The molecule has 2 N–H and O–H groups in total. The first kappa shape index (κ1) is 26.5. The summed E-state index contributed by atoms with van der Waals surface area (Å²) < 4.78 is 0. The van der Waals surface area contributed by atoms with Crippen molar-refractivity contribution in [3.8, 4) is 0 Å². The summed E-state index contributed by atoms with van der Waals surface area (Å²) in [4.78, 5) is 27.1. The van der Waals surface area contributed by atoms with E-state index in [0.717, 1.165) is 67.3 Å². The first-order valence-electron chi connectivity index (χ1n) is 13.5. The number of carbonyl (C=O) groups is 1. The summed E-state index contributed by atoms with van der Waals surface area (Å²) in [6, 6.07) is 24.0. The van der Waals surface area contributed by atoms with Gasteiger partial charge >= 0.3 is 0 Å². The van der Waals surface area contributed by atoms with E-state index in [1.54, 1.807) is 0 Å². The third-order valence-electron chi connectivity index (χ3n) is 7.25. The Morgan fingerprint density at radius 2 is 1.62 bits per heavy atom. The molecule has 2 heterocycles. The quantitative estimate of drug-likeness (QED) is 0.323. The number of benzene rings is 3. The van der Waals surface area contributed by atoms with E-state index in [1.165, 1.54) is 11.1 Å². The molecule has 0 aliphatic carbocycles. The van der Waals surface area contributed by atoms with Crippen molar-refractivity contribution >= 4 is 23.2 Å². The van der Waals surface area contributed by atoms with Crippen molar-refractivity contribution in [2.24, 2.45) is 0 Å². The number of hydrogen-bond donors (Lipinski definition) is 2. The highest BCUT2D eigenvalue weighted by Gasteiger charge is 2.15. The number of nitrogens with zero attached hydrogens (tertiary/aromatic N) is 4. The van der Waals surface area contributed by atoms with Crippen LogP contribution in [0, 0.1) is 13.8 Å². The van der Waals surface area contributed by atoms with Crippen LogP contribution in [0.3, 0.4) is 0 Å². The molecule has 0 atom stereocenters. The topological polar surface area (TPSA) is 73.4 Å². The maximum atomic E-state index is 13.1. The minimum Gasteiger partial charge on any atom is -0.324 e. The van der Waals surface area contributed by atoms with Gasteiger partial charge in [0, 0.05) is 62.3 Å². The third-order valence-corrected chi connectivity index (χ3v) is 7.25. The van der Waals surface area contributed by atoms with Gasteiger partial charge in [0.15, 0.2) is 0 Å². The highest BCUT2D eigenvalue weighted by Crippen LogP contribution is 2.21. The minimum atomic E-state index is -0.127. The summed E-state index contributed by atoms with van der Waals surface area (Å²) >= 11 is 0. The molecule has 0 saturated carbocycles. The fraction of sp³-hybridized carbons (Fsp3) is 0.281. The Morgan fingerprint density at radius 3 is 2.36 bits per heavy atom. The Labute approximate surface area is 230 Å². The van der Waals surface area contributed by atoms with Crippen LogP contribution in [-0.4, -0.2) is 58.9 Å². The molecule has 0 spiro atoms. The van der Waals surface area contributed by atoms with Crippen LogP contribution in [-0.2, 0) is 13.0 Å². The average Bonchev–Trinajstić information content (AvgIpc) is 2.94. The predicted octanol–water partition coefficient (Wildman–Crippen LogP) is 5.43. The van der Waals surface area contributed by atoms with Gasteiger partial charge in [0.1, 0.15) is 0 Å². The highest BCUT2D eigenvalue weighted by molar-refractivity contribution is 6.04. The summed E-state index contributed by atoms with van der Waals surface area (Å²) in [5.74, 6) is 0.412. The first-order valence-corrected chi connectivity index (χ1v) is 13.5. The van der Waals surface area contributed by atoms with Gasteiger partial charge in [0.2, 0.25) is 5.95 Å². The zero-order valence-electron chi connectivity index (χ0n) is 22.9. The maximum Gasteiger partial charge on any atom is 0.255 e. The number of anilines is 3. The molecule has 1 amide bonds. The summed E-state index contributed by atoms with van der Waals surface area (Å²) in [6.45, 7) is 9.25. The number of carbonyl (C=O) groups excluding carboxylic acids is 1. The monoisotopic (exact) mass is 520 g/mol. The van der Waals surface area contributed by atoms with Gasteiger partial charge < -0.3 is 15.5 Å². The summed E-state index contributed by atoms with van der Waals surface area (Å²) in [5.41, 5.74) is 7.79. The lowest BCUT2D eigenvalue weighted by molar-refractivity contribution is 0.102. The number of piperazine rings is 1. The lowest BCUT2D eigenvalue weighted by atomic mass is 10.1. The normalized spacial score (nSPS) is 14.2. The molecule has 0 unspecified atom stereocenters. The van der Waals surface area contributed by atoms with Crippen molar-refractivity contribution in [3.63, 3.8) is 0 Å². The van der Waals surface area contributed by atoms with Crippen LogP contribution < -0.4 is 10.6 Å². The second-order valence-electron chi connectivity index (χ2n) is 10.4. The van der Waals surface area contributed by atoms with Crippen LogP contribution in [0.4, 0.5) is 17.3 Å². The number of nitrogens with one attached hydrogen (secondary N) is 2. The molecule has 4 aromatic rings. The van der Waals surface area contributed by atoms with Crippen molar-refractivity contribution in [1.29, 1.82) is 0 Å². The van der Waals surface area contributed by atoms with Crippen LogP contribution in [0.25, 0.3) is 0 Å². The van der Waals surface area contributed by atoms with Crippen LogP contribution in [0.15, 0.2) is 79.0 Å².